The van der Waals surface area contributed by atoms with Crippen molar-refractivity contribution in [1.29, 1.82) is 0 Å². The second-order valence-electron chi connectivity index (χ2n) is 15.3. The van der Waals surface area contributed by atoms with Crippen LogP contribution in [0, 0.1) is 24.7 Å². The van der Waals surface area contributed by atoms with Crippen molar-refractivity contribution in [2.75, 3.05) is 13.2 Å². The molecular weight excluding hydrogens is 849 g/mol. The van der Waals surface area contributed by atoms with E-state index in [0.29, 0.717) is 33.0 Å². The lowest BCUT2D eigenvalue weighted by Gasteiger charge is -2.44. The number of benzene rings is 4. The Kier molecular flexibility index (Phi) is 20.4. The van der Waals surface area contributed by atoms with E-state index in [0.717, 1.165) is 43.0 Å². The van der Waals surface area contributed by atoms with Crippen LogP contribution in [0.4, 0.5) is 0 Å². The topological polar surface area (TPSA) is 161 Å². The Bertz CT molecular complexity index is 2190. The predicted octanol–water partition coefficient (Wildman–Crippen LogP) is 6.11. The minimum Gasteiger partial charge on any atom is -0.463 e. The summed E-state index contributed by atoms with van der Waals surface area (Å²) in [5, 5.41) is 0. The number of hydrogen-bond acceptors (Lipinski definition) is 14. The number of carbonyl (C=O) groups excluding carboxylic acids is 4. The fourth-order valence-corrected chi connectivity index (χ4v) is 7.29. The van der Waals surface area contributed by atoms with Crippen LogP contribution < -0.4 is 0 Å². The van der Waals surface area contributed by atoms with Gasteiger partial charge in [0.2, 0.25) is 0 Å². The number of carbonyl (C=O) groups is 4. The summed E-state index contributed by atoms with van der Waals surface area (Å²) in [4.78, 5) is 45.3. The van der Waals surface area contributed by atoms with Gasteiger partial charge in [-0.25, -0.2) is 0 Å². The van der Waals surface area contributed by atoms with E-state index < -0.39 is 84.9 Å². The van der Waals surface area contributed by atoms with Gasteiger partial charge in [0.05, 0.1) is 33.0 Å². The maximum Gasteiger partial charge on any atom is 0.303 e. The summed E-state index contributed by atoms with van der Waals surface area (Å²) in [7, 11) is 0. The molecule has 66 heavy (non-hydrogen) atoms. The summed E-state index contributed by atoms with van der Waals surface area (Å²) in [5.41, 5.74) is 4.23. The Labute approximate surface area is 386 Å². The van der Waals surface area contributed by atoms with Crippen molar-refractivity contribution in [3.63, 3.8) is 0 Å². The summed E-state index contributed by atoms with van der Waals surface area (Å²) >= 11 is 0. The maximum atomic E-state index is 11.5. The second kappa shape index (κ2) is 26.6. The van der Waals surface area contributed by atoms with E-state index in [2.05, 4.69) is 11.8 Å². The second-order valence-corrected chi connectivity index (χ2v) is 15.3. The van der Waals surface area contributed by atoms with E-state index in [4.69, 9.17) is 60.2 Å². The van der Waals surface area contributed by atoms with Gasteiger partial charge in [0.15, 0.2) is 24.4 Å². The van der Waals surface area contributed by atoms with Gasteiger partial charge in [0, 0.05) is 27.7 Å². The molecule has 0 aliphatic carbocycles. The molecule has 0 aromatic heterocycles. The molecule has 0 saturated carbocycles. The summed E-state index contributed by atoms with van der Waals surface area (Å²) in [6.07, 6.45) is 3.11. The molecule has 0 N–H and O–H groups in total. The number of hydrogen-bond donors (Lipinski definition) is 0. The lowest BCUT2D eigenvalue weighted by Crippen LogP contribution is -2.62. The van der Waals surface area contributed by atoms with Crippen LogP contribution in [0.15, 0.2) is 121 Å². The molecule has 2 fully saturated rings. The smallest absolute Gasteiger partial charge is 0.303 e. The summed E-state index contributed by atoms with van der Waals surface area (Å²) in [5.74, 6) is 2.42. The third kappa shape index (κ3) is 16.0. The van der Waals surface area contributed by atoms with E-state index in [1.165, 1.54) is 6.92 Å². The van der Waals surface area contributed by atoms with E-state index in [9.17, 15) is 19.2 Å². The molecule has 0 radical (unpaired) electrons. The van der Waals surface area contributed by atoms with Gasteiger partial charge in [0.25, 0.3) is 0 Å². The molecule has 0 unspecified atom stereocenters. The minimum atomic E-state index is -1.22. The SMILES string of the molecule is C#C[C@@H]1O[C@H](COC(C)=O)[C@@H](OC(C)=O)[C@H](OC(C)=O)[C@H]1OC(C)=O.C#C[C@@H]1O[C@H](COCc2ccccc2)[C@@H](OCc2ccccc2)[C@H](OCc2ccccc2)[C@H]1OCc1ccccc1. The van der Waals surface area contributed by atoms with Crippen molar-refractivity contribution in [2.45, 2.75) is 115 Å². The molecule has 10 atom stereocenters. The zero-order chi connectivity index (χ0) is 47.3. The highest BCUT2D eigenvalue weighted by Gasteiger charge is 2.52. The Morgan fingerprint density at radius 2 is 0.803 bits per heavy atom. The van der Waals surface area contributed by atoms with Crippen molar-refractivity contribution in [3.05, 3.63) is 144 Å². The molecule has 14 nitrogen and oxygen atoms in total. The molecule has 4 aromatic rings. The molecule has 2 aliphatic heterocycles. The van der Waals surface area contributed by atoms with Crippen molar-refractivity contribution in [3.8, 4) is 24.7 Å². The highest BCUT2D eigenvalue weighted by molar-refractivity contribution is 5.69. The number of rotatable bonds is 18. The van der Waals surface area contributed by atoms with E-state index in [-0.39, 0.29) is 6.61 Å². The third-order valence-corrected chi connectivity index (χ3v) is 10.2. The Morgan fingerprint density at radius 3 is 1.23 bits per heavy atom. The molecule has 348 valence electrons. The molecule has 2 aliphatic rings. The highest BCUT2D eigenvalue weighted by Crippen LogP contribution is 2.32. The standard InChI is InChI=1S/C36H36O5.C16H20O9/c1-2-32-34(38-24-29-17-9-4-10-18-29)36(40-26-31-21-13-6-14-22-31)35(39-25-30-19-11-5-12-20-30)33(41-32)27-37-23-28-15-7-3-8-16-28;1-6-12-14(22-9(3)18)16(24-11(5)20)15(23-10(4)19)13(25-12)7-21-8(2)17/h1,3-22,32-36H,23-27H2;1,12-16H,7H2,2-5H3/t32-,33+,34-,35+,36+;12-,13+,14-,15+,16+/m00/s1. The molecule has 6 rings (SSSR count). The lowest BCUT2D eigenvalue weighted by molar-refractivity contribution is -0.261. The summed E-state index contributed by atoms with van der Waals surface area (Å²) in [6, 6.07) is 40.2. The Balaban J connectivity index is 0.000000281. The quantitative estimate of drug-likeness (QED) is 0.0640. The van der Waals surface area contributed by atoms with Gasteiger partial charge in [0.1, 0.15) is 43.2 Å². The van der Waals surface area contributed by atoms with Crippen molar-refractivity contribution in [1.82, 2.24) is 0 Å². The number of terminal acetylenes is 2. The zero-order valence-corrected chi connectivity index (χ0v) is 37.4. The molecule has 4 aromatic carbocycles. The fourth-order valence-electron chi connectivity index (χ4n) is 7.29. The van der Waals surface area contributed by atoms with Crippen LogP contribution in [0.1, 0.15) is 49.9 Å². The summed E-state index contributed by atoms with van der Waals surface area (Å²) in [6.45, 7) is 6.21. The number of esters is 4. The van der Waals surface area contributed by atoms with Gasteiger partial charge in [-0.2, -0.15) is 0 Å². The van der Waals surface area contributed by atoms with E-state index in [1.807, 2.05) is 121 Å². The van der Waals surface area contributed by atoms with Gasteiger partial charge >= 0.3 is 23.9 Å². The fraction of sp³-hybridized carbons (Fsp3) is 0.385. The van der Waals surface area contributed by atoms with Crippen LogP contribution in [0.5, 0.6) is 0 Å². The highest BCUT2D eigenvalue weighted by atomic mass is 16.7. The molecule has 0 spiro atoms. The third-order valence-electron chi connectivity index (χ3n) is 10.2. The molecular formula is C52H56O14. The Hall–Kier alpha value is -6.36. The van der Waals surface area contributed by atoms with Crippen molar-refractivity contribution < 1.29 is 66.5 Å². The average molecular weight is 905 g/mol. The van der Waals surface area contributed by atoms with Crippen LogP contribution in [0.25, 0.3) is 0 Å². The normalized spacial score (nSPS) is 24.5. The van der Waals surface area contributed by atoms with Gasteiger partial charge < -0.3 is 47.4 Å². The van der Waals surface area contributed by atoms with Crippen LogP contribution in [-0.2, 0) is 93.0 Å². The average Bonchev–Trinajstić information content (AvgIpc) is 3.31. The van der Waals surface area contributed by atoms with E-state index in [1.54, 1.807) is 0 Å². The van der Waals surface area contributed by atoms with Crippen molar-refractivity contribution >= 4 is 23.9 Å². The van der Waals surface area contributed by atoms with Crippen LogP contribution in [-0.4, -0.2) is 98.1 Å². The van der Waals surface area contributed by atoms with Crippen LogP contribution in [0.3, 0.4) is 0 Å². The molecule has 2 heterocycles. The van der Waals surface area contributed by atoms with Gasteiger partial charge in [-0.15, -0.1) is 12.8 Å². The maximum absolute atomic E-state index is 11.5. The molecule has 0 amide bonds. The number of ether oxygens (including phenoxy) is 10. The summed E-state index contributed by atoms with van der Waals surface area (Å²) < 4.78 is 58.2. The van der Waals surface area contributed by atoms with Crippen LogP contribution in [0.2, 0.25) is 0 Å². The predicted molar refractivity (Wildman–Crippen MR) is 239 cm³/mol. The van der Waals surface area contributed by atoms with Crippen LogP contribution >= 0.6 is 0 Å². The first-order valence-electron chi connectivity index (χ1n) is 21.4. The first kappa shape index (κ1) is 50.6. The first-order chi connectivity index (χ1) is 31.9. The molecule has 0 bridgehead atoms. The lowest BCUT2D eigenvalue weighted by atomic mass is 9.94. The van der Waals surface area contributed by atoms with Gasteiger partial charge in [-0.05, 0) is 22.3 Å². The Morgan fingerprint density at radius 1 is 0.439 bits per heavy atom. The molecule has 2 saturated heterocycles. The largest absolute Gasteiger partial charge is 0.463 e. The zero-order valence-electron chi connectivity index (χ0n) is 37.4. The van der Waals surface area contributed by atoms with Gasteiger partial charge in [-0.1, -0.05) is 133 Å². The first-order valence-corrected chi connectivity index (χ1v) is 21.4. The monoisotopic (exact) mass is 904 g/mol. The van der Waals surface area contributed by atoms with Gasteiger partial charge in [-0.3, -0.25) is 19.2 Å². The minimum absolute atomic E-state index is 0.295. The van der Waals surface area contributed by atoms with Crippen molar-refractivity contribution in [2.24, 2.45) is 0 Å². The van der Waals surface area contributed by atoms with E-state index >= 15 is 0 Å². The molecule has 14 heteroatoms.